The van der Waals surface area contributed by atoms with Crippen molar-refractivity contribution in [2.24, 2.45) is 0 Å². The Hall–Kier alpha value is 0.170. The van der Waals surface area contributed by atoms with E-state index in [1.807, 2.05) is 0 Å². The number of halogens is 1. The van der Waals surface area contributed by atoms with E-state index in [4.69, 9.17) is 5.11 Å². The predicted octanol–water partition coefficient (Wildman–Crippen LogP) is 3.07. The average Bonchev–Trinajstić information content (AvgIpc) is 2.60. The number of quaternary nitrogens is 1. The van der Waals surface area contributed by atoms with Crippen molar-refractivity contribution in [2.75, 3.05) is 33.8 Å². The highest BCUT2D eigenvalue weighted by molar-refractivity contribution is 4.56. The van der Waals surface area contributed by atoms with Gasteiger partial charge in [-0.25, -0.2) is 0 Å². The lowest BCUT2D eigenvalue weighted by Gasteiger charge is -2.31. The maximum atomic E-state index is 10.1. The Balaban J connectivity index is 0. The molecule has 0 radical (unpaired) electrons. The van der Waals surface area contributed by atoms with Crippen LogP contribution >= 0.6 is 0 Å². The Bertz CT molecular complexity index is 300. The fourth-order valence-electron chi connectivity index (χ4n) is 3.95. The van der Waals surface area contributed by atoms with E-state index in [-0.39, 0.29) is 25.1 Å². The van der Waals surface area contributed by atoms with Crippen LogP contribution in [-0.4, -0.2) is 54.6 Å². The topological polar surface area (TPSA) is 40.5 Å². The summed E-state index contributed by atoms with van der Waals surface area (Å²) in [6.07, 6.45) is 22.9. The molecule has 0 saturated heterocycles. The molecule has 0 aromatic heterocycles. The first-order valence-corrected chi connectivity index (χ1v) is 12.1. The van der Waals surface area contributed by atoms with Crippen molar-refractivity contribution in [3.8, 4) is 0 Å². The molecule has 1 atom stereocenters. The number of unbranched alkanes of at least 4 members (excludes halogenated alkanes) is 15. The molecule has 0 bridgehead atoms. The quantitative estimate of drug-likeness (QED) is 0.221. The molecule has 0 aliphatic carbocycles. The number of hydrogen-bond donors (Lipinski definition) is 2. The molecule has 0 amide bonds. The molecule has 28 heavy (non-hydrogen) atoms. The van der Waals surface area contributed by atoms with Crippen LogP contribution in [0.1, 0.15) is 116 Å². The molecule has 0 fully saturated rings. The summed E-state index contributed by atoms with van der Waals surface area (Å²) < 4.78 is 0.705. The lowest BCUT2D eigenvalue weighted by atomic mass is 10.0. The van der Waals surface area contributed by atoms with Crippen LogP contribution in [0.2, 0.25) is 0 Å². The molecule has 0 aliphatic heterocycles. The first kappa shape index (κ1) is 30.4. The summed E-state index contributed by atoms with van der Waals surface area (Å²) >= 11 is 0. The first-order chi connectivity index (χ1) is 13.0. The maximum absolute atomic E-state index is 10.1. The minimum absolute atomic E-state index is 0. The smallest absolute Gasteiger partial charge is 0.105 e. The van der Waals surface area contributed by atoms with Crippen molar-refractivity contribution in [3.05, 3.63) is 0 Å². The number of likely N-dealkylation sites (N-methyl/N-ethyl adjacent to an activating group) is 1. The first-order valence-electron chi connectivity index (χ1n) is 12.1. The van der Waals surface area contributed by atoms with Crippen LogP contribution in [-0.2, 0) is 0 Å². The fourth-order valence-corrected chi connectivity index (χ4v) is 3.95. The molecule has 0 spiro atoms. The van der Waals surface area contributed by atoms with Gasteiger partial charge in [0.2, 0.25) is 0 Å². The third kappa shape index (κ3) is 22.5. The number of rotatable bonds is 21. The average molecular weight is 422 g/mol. The highest BCUT2D eigenvalue weighted by Gasteiger charge is 2.19. The molecular weight excluding hydrogens is 370 g/mol. The van der Waals surface area contributed by atoms with Crippen molar-refractivity contribution in [1.29, 1.82) is 0 Å². The van der Waals surface area contributed by atoms with Crippen molar-refractivity contribution in [1.82, 2.24) is 0 Å². The Labute approximate surface area is 183 Å². The summed E-state index contributed by atoms with van der Waals surface area (Å²) in [5.41, 5.74) is 0. The van der Waals surface area contributed by atoms with Crippen molar-refractivity contribution in [3.63, 3.8) is 0 Å². The molecule has 0 aromatic rings. The molecule has 4 heteroatoms. The van der Waals surface area contributed by atoms with E-state index >= 15 is 0 Å². The molecular formula is C24H52ClNO2. The van der Waals surface area contributed by atoms with E-state index in [0.29, 0.717) is 4.48 Å². The minimum atomic E-state index is -0.224. The summed E-state index contributed by atoms with van der Waals surface area (Å²) in [6, 6.07) is 0. The number of nitrogens with zero attached hydrogens (tertiary/aromatic N) is 1. The Morgan fingerprint density at radius 2 is 1.00 bits per heavy atom. The van der Waals surface area contributed by atoms with E-state index in [9.17, 15) is 5.11 Å². The van der Waals surface area contributed by atoms with Gasteiger partial charge >= 0.3 is 0 Å². The van der Waals surface area contributed by atoms with Crippen molar-refractivity contribution >= 4 is 0 Å². The summed E-state index contributed by atoms with van der Waals surface area (Å²) in [5.74, 6) is 0. The van der Waals surface area contributed by atoms with Gasteiger partial charge in [0.15, 0.2) is 0 Å². The maximum Gasteiger partial charge on any atom is 0.105 e. The SMILES string of the molecule is CCCCCCCCCCCCCCCCCCC(O)C[N+](C)(C)CCO.[Cl-]. The van der Waals surface area contributed by atoms with Gasteiger partial charge in [0.05, 0.1) is 20.7 Å². The molecule has 2 N–H and O–H groups in total. The second kappa shape index (κ2) is 21.9. The van der Waals surface area contributed by atoms with Gasteiger partial charge in [0.25, 0.3) is 0 Å². The second-order valence-electron chi connectivity index (χ2n) is 9.31. The van der Waals surface area contributed by atoms with Gasteiger partial charge in [-0.2, -0.15) is 0 Å². The van der Waals surface area contributed by atoms with Crippen LogP contribution in [0.3, 0.4) is 0 Å². The number of hydrogen-bond acceptors (Lipinski definition) is 2. The van der Waals surface area contributed by atoms with Crippen LogP contribution in [0, 0.1) is 0 Å². The normalized spacial score (nSPS) is 12.8. The molecule has 1 unspecified atom stereocenters. The molecule has 0 aromatic carbocycles. The number of aliphatic hydroxyl groups is 2. The lowest BCUT2D eigenvalue weighted by molar-refractivity contribution is -0.893. The fraction of sp³-hybridized carbons (Fsp3) is 1.00. The lowest BCUT2D eigenvalue weighted by Crippen LogP contribution is -3.00. The molecule has 3 nitrogen and oxygen atoms in total. The molecule has 0 heterocycles. The van der Waals surface area contributed by atoms with E-state index in [0.717, 1.165) is 25.9 Å². The summed E-state index contributed by atoms with van der Waals surface area (Å²) in [6.45, 7) is 3.95. The molecule has 0 rings (SSSR count). The van der Waals surface area contributed by atoms with Gasteiger partial charge in [-0.3, -0.25) is 0 Å². The van der Waals surface area contributed by atoms with Crippen LogP contribution in [0.5, 0.6) is 0 Å². The molecule has 0 saturated carbocycles. The van der Waals surface area contributed by atoms with Crippen molar-refractivity contribution in [2.45, 2.75) is 122 Å². The Morgan fingerprint density at radius 3 is 1.36 bits per heavy atom. The van der Waals surface area contributed by atoms with Gasteiger partial charge in [-0.15, -0.1) is 0 Å². The predicted molar refractivity (Wildman–Crippen MR) is 119 cm³/mol. The van der Waals surface area contributed by atoms with Gasteiger partial charge in [0, 0.05) is 0 Å². The highest BCUT2D eigenvalue weighted by Crippen LogP contribution is 2.14. The monoisotopic (exact) mass is 421 g/mol. The van der Waals surface area contributed by atoms with Gasteiger partial charge in [-0.1, -0.05) is 110 Å². The Kier molecular flexibility index (Phi) is 23.7. The molecule has 172 valence electrons. The zero-order valence-electron chi connectivity index (χ0n) is 19.4. The van der Waals surface area contributed by atoms with E-state index < -0.39 is 0 Å². The summed E-state index contributed by atoms with van der Waals surface area (Å²) in [7, 11) is 4.15. The van der Waals surface area contributed by atoms with Crippen LogP contribution in [0.4, 0.5) is 0 Å². The summed E-state index contributed by atoms with van der Waals surface area (Å²) in [5, 5.41) is 19.2. The largest absolute Gasteiger partial charge is 1.00 e. The number of aliphatic hydroxyl groups excluding tert-OH is 2. The van der Waals surface area contributed by atoms with Gasteiger partial charge in [-0.05, 0) is 6.42 Å². The zero-order chi connectivity index (χ0) is 20.2. The van der Waals surface area contributed by atoms with Crippen molar-refractivity contribution < 1.29 is 27.1 Å². The van der Waals surface area contributed by atoms with E-state index in [1.165, 1.54) is 96.3 Å². The van der Waals surface area contributed by atoms with E-state index in [2.05, 4.69) is 21.0 Å². The van der Waals surface area contributed by atoms with Crippen LogP contribution < -0.4 is 12.4 Å². The zero-order valence-corrected chi connectivity index (χ0v) is 20.2. The third-order valence-electron chi connectivity index (χ3n) is 5.80. The second-order valence-corrected chi connectivity index (χ2v) is 9.31. The van der Waals surface area contributed by atoms with Gasteiger partial charge < -0.3 is 27.1 Å². The van der Waals surface area contributed by atoms with Crippen LogP contribution in [0.15, 0.2) is 0 Å². The third-order valence-corrected chi connectivity index (χ3v) is 5.80. The van der Waals surface area contributed by atoms with Crippen LogP contribution in [0.25, 0.3) is 0 Å². The minimum Gasteiger partial charge on any atom is -1.00 e. The highest BCUT2D eigenvalue weighted by atomic mass is 35.5. The summed E-state index contributed by atoms with van der Waals surface area (Å²) in [4.78, 5) is 0. The standard InChI is InChI=1S/C24H52NO2.ClH/c1-4-5-6-7-8-9-10-11-12-13-14-15-16-17-18-19-20-24(27)23-25(2,3)21-22-26;/h24,26-27H,4-23H2,1-3H3;1H/q+1;/p-1. The van der Waals surface area contributed by atoms with E-state index in [1.54, 1.807) is 0 Å². The molecule has 0 aliphatic rings. The van der Waals surface area contributed by atoms with Gasteiger partial charge in [0.1, 0.15) is 19.2 Å². The Morgan fingerprint density at radius 1 is 0.643 bits per heavy atom.